The van der Waals surface area contributed by atoms with Crippen LogP contribution in [0.25, 0.3) is 0 Å². The van der Waals surface area contributed by atoms with Gasteiger partial charge in [-0.1, -0.05) is 12.1 Å². The molecule has 16 heavy (non-hydrogen) atoms. The maximum absolute atomic E-state index is 11.9. The highest BCUT2D eigenvalue weighted by Gasteiger charge is 2.06. The second-order valence-corrected chi connectivity index (χ2v) is 4.88. The first-order valence-corrected chi connectivity index (χ1v) is 6.28. The van der Waals surface area contributed by atoms with E-state index in [4.69, 9.17) is 0 Å². The minimum atomic E-state index is -1.12. The fraction of sp³-hybridized carbons (Fsp3) is 0.167. The third kappa shape index (κ3) is 2.73. The standard InChI is InChI=1S/C12H12N2OS/c1-10-5-6-12(14-8-10)16(15)9-11-4-2-3-7-13-11/h2-8H,9H2,1H3. The molecule has 0 aliphatic carbocycles. The molecule has 0 saturated carbocycles. The minimum Gasteiger partial charge on any atom is -0.260 e. The Balaban J connectivity index is 2.12. The minimum absolute atomic E-state index is 0.414. The lowest BCUT2D eigenvalue weighted by Gasteiger charge is -2.01. The maximum Gasteiger partial charge on any atom is 0.127 e. The van der Waals surface area contributed by atoms with Crippen LogP contribution in [0.2, 0.25) is 0 Å². The molecule has 0 spiro atoms. The summed E-state index contributed by atoms with van der Waals surface area (Å²) in [6.45, 7) is 1.96. The smallest absolute Gasteiger partial charge is 0.127 e. The van der Waals surface area contributed by atoms with Gasteiger partial charge in [0.05, 0.1) is 22.2 Å². The molecule has 0 aliphatic heterocycles. The van der Waals surface area contributed by atoms with Gasteiger partial charge in [-0.25, -0.2) is 4.98 Å². The zero-order chi connectivity index (χ0) is 11.4. The highest BCUT2D eigenvalue weighted by atomic mass is 32.2. The van der Waals surface area contributed by atoms with Gasteiger partial charge in [0.1, 0.15) is 5.03 Å². The van der Waals surface area contributed by atoms with Gasteiger partial charge < -0.3 is 0 Å². The summed E-state index contributed by atoms with van der Waals surface area (Å²) in [6.07, 6.45) is 3.43. The SMILES string of the molecule is Cc1ccc(S(=O)Cc2ccccn2)nc1. The molecular formula is C12H12N2OS. The van der Waals surface area contributed by atoms with E-state index < -0.39 is 10.8 Å². The van der Waals surface area contributed by atoms with E-state index in [1.165, 1.54) is 0 Å². The second kappa shape index (κ2) is 4.99. The number of hydrogen-bond acceptors (Lipinski definition) is 3. The molecule has 0 saturated heterocycles. The van der Waals surface area contributed by atoms with Crippen LogP contribution < -0.4 is 0 Å². The third-order valence-electron chi connectivity index (χ3n) is 2.12. The Hall–Kier alpha value is -1.55. The van der Waals surface area contributed by atoms with Crippen LogP contribution in [0.15, 0.2) is 47.8 Å². The van der Waals surface area contributed by atoms with E-state index >= 15 is 0 Å². The molecule has 3 nitrogen and oxygen atoms in total. The first kappa shape index (κ1) is 11.0. The van der Waals surface area contributed by atoms with Gasteiger partial charge in [-0.05, 0) is 30.7 Å². The van der Waals surface area contributed by atoms with Gasteiger partial charge >= 0.3 is 0 Å². The first-order valence-electron chi connectivity index (χ1n) is 4.96. The lowest BCUT2D eigenvalue weighted by molar-refractivity contribution is 0.679. The summed E-state index contributed by atoms with van der Waals surface area (Å²) in [6, 6.07) is 9.32. The maximum atomic E-state index is 11.9. The molecule has 2 aromatic heterocycles. The Bertz CT molecular complexity index is 482. The average Bonchev–Trinajstić information content (AvgIpc) is 2.31. The molecule has 2 heterocycles. The van der Waals surface area contributed by atoms with Gasteiger partial charge in [0, 0.05) is 12.4 Å². The van der Waals surface area contributed by atoms with Crippen LogP contribution in [0.1, 0.15) is 11.3 Å². The Labute approximate surface area is 97.0 Å². The molecule has 4 heteroatoms. The fourth-order valence-electron chi connectivity index (χ4n) is 1.28. The Morgan fingerprint density at radius 2 is 2.06 bits per heavy atom. The molecule has 0 aromatic carbocycles. The van der Waals surface area contributed by atoms with Crippen molar-refractivity contribution in [2.75, 3.05) is 0 Å². The van der Waals surface area contributed by atoms with Crippen molar-refractivity contribution in [2.24, 2.45) is 0 Å². The lowest BCUT2D eigenvalue weighted by Crippen LogP contribution is -2.00. The summed E-state index contributed by atoms with van der Waals surface area (Å²) in [5.74, 6) is 0.414. The lowest BCUT2D eigenvalue weighted by atomic mass is 10.3. The van der Waals surface area contributed by atoms with Gasteiger partial charge in [0.15, 0.2) is 0 Å². The van der Waals surface area contributed by atoms with Crippen LogP contribution in [0, 0.1) is 6.92 Å². The number of rotatable bonds is 3. The summed E-state index contributed by atoms with van der Waals surface area (Å²) in [4.78, 5) is 8.29. The monoisotopic (exact) mass is 232 g/mol. The Morgan fingerprint density at radius 1 is 1.19 bits per heavy atom. The zero-order valence-corrected chi connectivity index (χ0v) is 9.78. The van der Waals surface area contributed by atoms with Crippen LogP contribution in [-0.2, 0) is 16.6 Å². The van der Waals surface area contributed by atoms with Crippen molar-refractivity contribution in [1.82, 2.24) is 9.97 Å². The van der Waals surface area contributed by atoms with Crippen LogP contribution in [-0.4, -0.2) is 14.2 Å². The van der Waals surface area contributed by atoms with Crippen molar-refractivity contribution in [1.29, 1.82) is 0 Å². The van der Waals surface area contributed by atoms with Crippen molar-refractivity contribution in [2.45, 2.75) is 17.7 Å². The molecule has 1 atom stereocenters. The topological polar surface area (TPSA) is 42.9 Å². The van der Waals surface area contributed by atoms with Crippen molar-refractivity contribution in [3.8, 4) is 0 Å². The number of pyridine rings is 2. The predicted molar refractivity (Wildman–Crippen MR) is 63.3 cm³/mol. The quantitative estimate of drug-likeness (QED) is 0.813. The molecule has 0 radical (unpaired) electrons. The van der Waals surface area contributed by atoms with E-state index in [2.05, 4.69) is 9.97 Å². The van der Waals surface area contributed by atoms with Crippen LogP contribution >= 0.6 is 0 Å². The van der Waals surface area contributed by atoms with E-state index in [0.717, 1.165) is 11.3 Å². The highest BCUT2D eigenvalue weighted by Crippen LogP contribution is 2.08. The molecular weight excluding hydrogens is 220 g/mol. The molecule has 0 amide bonds. The zero-order valence-electron chi connectivity index (χ0n) is 8.96. The summed E-state index contributed by atoms with van der Waals surface area (Å²) < 4.78 is 11.9. The van der Waals surface area contributed by atoms with Crippen LogP contribution in [0.3, 0.4) is 0 Å². The molecule has 0 N–H and O–H groups in total. The number of aromatic nitrogens is 2. The Kier molecular flexibility index (Phi) is 3.41. The summed E-state index contributed by atoms with van der Waals surface area (Å²) >= 11 is 0. The number of hydrogen-bond donors (Lipinski definition) is 0. The van der Waals surface area contributed by atoms with Crippen LogP contribution in [0.5, 0.6) is 0 Å². The van der Waals surface area contributed by atoms with Gasteiger partial charge in [0.25, 0.3) is 0 Å². The summed E-state index contributed by atoms with van der Waals surface area (Å²) in [5, 5.41) is 0.608. The fourth-order valence-corrected chi connectivity index (χ4v) is 2.26. The molecule has 0 aliphatic rings. The summed E-state index contributed by atoms with van der Waals surface area (Å²) in [5.41, 5.74) is 1.89. The van der Waals surface area contributed by atoms with E-state index in [0.29, 0.717) is 10.8 Å². The van der Waals surface area contributed by atoms with E-state index in [1.54, 1.807) is 18.5 Å². The second-order valence-electron chi connectivity index (χ2n) is 3.48. The first-order chi connectivity index (χ1) is 7.75. The van der Waals surface area contributed by atoms with Gasteiger partial charge in [0.2, 0.25) is 0 Å². The summed E-state index contributed by atoms with van der Waals surface area (Å²) in [7, 11) is -1.12. The molecule has 2 aromatic rings. The molecule has 0 fully saturated rings. The molecule has 0 bridgehead atoms. The van der Waals surface area contributed by atoms with Crippen molar-refractivity contribution >= 4 is 10.8 Å². The third-order valence-corrected chi connectivity index (χ3v) is 3.39. The molecule has 1 unspecified atom stereocenters. The highest BCUT2D eigenvalue weighted by molar-refractivity contribution is 7.84. The normalized spacial score (nSPS) is 12.3. The van der Waals surface area contributed by atoms with Gasteiger partial charge in [-0.3, -0.25) is 9.19 Å². The van der Waals surface area contributed by atoms with E-state index in [1.807, 2.05) is 31.2 Å². The predicted octanol–water partition coefficient (Wildman–Crippen LogP) is 2.09. The van der Waals surface area contributed by atoms with Gasteiger partial charge in [-0.15, -0.1) is 0 Å². The van der Waals surface area contributed by atoms with Crippen LogP contribution in [0.4, 0.5) is 0 Å². The number of nitrogens with zero attached hydrogens (tertiary/aromatic N) is 2. The largest absolute Gasteiger partial charge is 0.260 e. The van der Waals surface area contributed by atoms with Gasteiger partial charge in [-0.2, -0.15) is 0 Å². The van der Waals surface area contributed by atoms with Crippen molar-refractivity contribution in [3.63, 3.8) is 0 Å². The van der Waals surface area contributed by atoms with E-state index in [9.17, 15) is 4.21 Å². The molecule has 82 valence electrons. The van der Waals surface area contributed by atoms with Crippen molar-refractivity contribution in [3.05, 3.63) is 54.0 Å². The molecule has 2 rings (SSSR count). The average molecular weight is 232 g/mol. The Morgan fingerprint density at radius 3 is 2.69 bits per heavy atom. The van der Waals surface area contributed by atoms with Crippen molar-refractivity contribution < 1.29 is 4.21 Å². The number of aryl methyl sites for hydroxylation is 1. The van der Waals surface area contributed by atoms with E-state index in [-0.39, 0.29) is 0 Å².